The minimum Gasteiger partial charge on any atom is -0.467 e. The lowest BCUT2D eigenvalue weighted by atomic mass is 10.0. The zero-order valence-electron chi connectivity index (χ0n) is 23.1. The first-order valence-corrected chi connectivity index (χ1v) is 14.0. The van der Waals surface area contributed by atoms with Crippen molar-refractivity contribution >= 4 is 35.3 Å². The number of hydrogen-bond donors (Lipinski definition) is 0. The number of piperazine rings is 1. The summed E-state index contributed by atoms with van der Waals surface area (Å²) in [5.74, 6) is -1.43. The summed E-state index contributed by atoms with van der Waals surface area (Å²) in [6, 6.07) is 12.0. The summed E-state index contributed by atoms with van der Waals surface area (Å²) in [6.45, 7) is 3.95. The molecule has 9 nitrogen and oxygen atoms in total. The number of amides is 2. The number of rotatable bonds is 7. The summed E-state index contributed by atoms with van der Waals surface area (Å²) >= 11 is 0.907. The first-order chi connectivity index (χ1) is 20.0. The maximum absolute atomic E-state index is 14.2. The smallest absolute Gasteiger partial charge is 0.417 e. The van der Waals surface area contributed by atoms with Crippen LogP contribution in [0.2, 0.25) is 0 Å². The van der Waals surface area contributed by atoms with Gasteiger partial charge in [0.25, 0.3) is 5.91 Å². The topological polar surface area (TPSA) is 94.6 Å². The van der Waals surface area contributed by atoms with Gasteiger partial charge in [0.1, 0.15) is 5.44 Å². The Labute approximate surface area is 245 Å². The average Bonchev–Trinajstić information content (AvgIpc) is 2.99. The van der Waals surface area contributed by atoms with E-state index in [-0.39, 0.29) is 48.4 Å². The lowest BCUT2D eigenvalue weighted by molar-refractivity contribution is -0.150. The van der Waals surface area contributed by atoms with Gasteiger partial charge in [-0.2, -0.15) is 13.2 Å². The molecule has 2 aliphatic heterocycles. The SMILES string of the molecule is C=C(C(=O)N1CCN(C(=O)OC)C(C(=O)OC)C1)c1ccc(SC2COCC(Cc3ccccc3)O2)c(C(F)(F)F)c1. The predicted octanol–water partition coefficient (Wildman–Crippen LogP) is 4.25. The molecule has 0 N–H and O–H groups in total. The molecular weight excluding hydrogens is 577 g/mol. The summed E-state index contributed by atoms with van der Waals surface area (Å²) in [5.41, 5.74) is -0.775. The Morgan fingerprint density at radius 1 is 1.05 bits per heavy atom. The van der Waals surface area contributed by atoms with Crippen molar-refractivity contribution in [3.05, 3.63) is 71.8 Å². The Morgan fingerprint density at radius 3 is 2.45 bits per heavy atom. The van der Waals surface area contributed by atoms with Crippen LogP contribution in [-0.2, 0) is 41.1 Å². The molecule has 2 aliphatic rings. The van der Waals surface area contributed by atoms with E-state index in [1.165, 1.54) is 17.0 Å². The molecule has 0 saturated carbocycles. The fourth-order valence-corrected chi connectivity index (χ4v) is 5.88. The van der Waals surface area contributed by atoms with Gasteiger partial charge < -0.3 is 23.8 Å². The largest absolute Gasteiger partial charge is 0.467 e. The van der Waals surface area contributed by atoms with Gasteiger partial charge in [0.05, 0.1) is 45.6 Å². The molecule has 4 rings (SSSR count). The van der Waals surface area contributed by atoms with Gasteiger partial charge in [-0.1, -0.05) is 54.7 Å². The van der Waals surface area contributed by atoms with Crippen LogP contribution in [0.15, 0.2) is 60.0 Å². The van der Waals surface area contributed by atoms with Crippen molar-refractivity contribution in [2.75, 3.05) is 47.1 Å². The molecular formula is C29H31F3N2O7S. The summed E-state index contributed by atoms with van der Waals surface area (Å²) in [4.78, 5) is 40.0. The van der Waals surface area contributed by atoms with Crippen molar-refractivity contribution in [1.29, 1.82) is 0 Å². The van der Waals surface area contributed by atoms with Crippen molar-refractivity contribution in [1.82, 2.24) is 9.80 Å². The quantitative estimate of drug-likeness (QED) is 0.340. The number of alkyl halides is 3. The number of thioether (sulfide) groups is 1. The normalized spacial score (nSPS) is 21.0. The van der Waals surface area contributed by atoms with Crippen LogP contribution in [0.25, 0.3) is 5.57 Å². The van der Waals surface area contributed by atoms with Crippen LogP contribution in [0.1, 0.15) is 16.7 Å². The Morgan fingerprint density at radius 2 is 1.79 bits per heavy atom. The monoisotopic (exact) mass is 608 g/mol. The van der Waals surface area contributed by atoms with Gasteiger partial charge in [0, 0.05) is 30.0 Å². The molecule has 2 aromatic carbocycles. The van der Waals surface area contributed by atoms with E-state index in [1.54, 1.807) is 0 Å². The number of carbonyl (C=O) groups is 3. The van der Waals surface area contributed by atoms with E-state index in [2.05, 4.69) is 6.58 Å². The van der Waals surface area contributed by atoms with Crippen LogP contribution in [0.4, 0.5) is 18.0 Å². The maximum atomic E-state index is 14.2. The fraction of sp³-hybridized carbons (Fsp3) is 0.414. The van der Waals surface area contributed by atoms with Crippen molar-refractivity contribution < 1.29 is 46.5 Å². The van der Waals surface area contributed by atoms with E-state index in [4.69, 9.17) is 18.9 Å². The van der Waals surface area contributed by atoms with Gasteiger partial charge in [-0.25, -0.2) is 9.59 Å². The van der Waals surface area contributed by atoms with E-state index in [1.807, 2.05) is 30.3 Å². The Bertz CT molecular complexity index is 1310. The second kappa shape index (κ2) is 13.6. The number of carbonyl (C=O) groups excluding carboxylic acids is 3. The van der Waals surface area contributed by atoms with Crippen LogP contribution in [0, 0.1) is 0 Å². The van der Waals surface area contributed by atoms with Gasteiger partial charge in [-0.15, -0.1) is 0 Å². The molecule has 3 unspecified atom stereocenters. The maximum Gasteiger partial charge on any atom is 0.417 e. The molecule has 0 spiro atoms. The first-order valence-electron chi connectivity index (χ1n) is 13.1. The minimum atomic E-state index is -4.72. The Kier molecular flexibility index (Phi) is 10.2. The second-order valence-corrected chi connectivity index (χ2v) is 10.9. The molecule has 13 heteroatoms. The third-order valence-corrected chi connectivity index (χ3v) is 8.03. The standard InChI is InChI=1S/C29H31F3N2O7S/c1-18(26(35)33-11-12-34(28(37)39-3)23(15-33)27(36)38-2)20-9-10-24(22(14-20)29(30,31)32)42-25-17-40-16-21(41-25)13-19-7-5-4-6-8-19/h4-10,14,21,23,25H,1,11-13,15-17H2,2-3H3. The summed E-state index contributed by atoms with van der Waals surface area (Å²) in [7, 11) is 2.30. The van der Waals surface area contributed by atoms with E-state index in [0.29, 0.717) is 13.0 Å². The molecule has 0 aromatic heterocycles. The van der Waals surface area contributed by atoms with Crippen molar-refractivity contribution in [2.45, 2.75) is 35.1 Å². The number of esters is 1. The highest BCUT2D eigenvalue weighted by Crippen LogP contribution is 2.41. The van der Waals surface area contributed by atoms with Gasteiger partial charge in [-0.05, 0) is 23.3 Å². The zero-order chi connectivity index (χ0) is 30.4. The van der Waals surface area contributed by atoms with E-state index in [0.717, 1.165) is 42.5 Å². The average molecular weight is 609 g/mol. The molecule has 226 valence electrons. The van der Waals surface area contributed by atoms with Crippen LogP contribution in [0.5, 0.6) is 0 Å². The molecule has 3 atom stereocenters. The third-order valence-electron chi connectivity index (χ3n) is 6.91. The highest BCUT2D eigenvalue weighted by Gasteiger charge is 2.40. The molecule has 0 aliphatic carbocycles. The summed E-state index contributed by atoms with van der Waals surface area (Å²) in [5, 5.41) is 0. The molecule has 0 bridgehead atoms. The minimum absolute atomic E-state index is 0.0175. The summed E-state index contributed by atoms with van der Waals surface area (Å²) < 4.78 is 63.7. The highest BCUT2D eigenvalue weighted by atomic mass is 32.2. The van der Waals surface area contributed by atoms with Gasteiger partial charge >= 0.3 is 18.2 Å². The van der Waals surface area contributed by atoms with E-state index < -0.39 is 41.2 Å². The number of ether oxygens (including phenoxy) is 4. The number of halogens is 3. The zero-order valence-corrected chi connectivity index (χ0v) is 23.9. The second-order valence-electron chi connectivity index (χ2n) is 9.67. The lowest BCUT2D eigenvalue weighted by Gasteiger charge is -2.39. The first kappa shape index (κ1) is 31.4. The fourth-order valence-electron chi connectivity index (χ4n) is 4.77. The summed E-state index contributed by atoms with van der Waals surface area (Å²) in [6.07, 6.45) is -5.23. The van der Waals surface area contributed by atoms with Gasteiger partial charge in [-0.3, -0.25) is 9.69 Å². The third kappa shape index (κ3) is 7.44. The number of benzene rings is 2. The van der Waals surface area contributed by atoms with Gasteiger partial charge in [0.2, 0.25) is 0 Å². The van der Waals surface area contributed by atoms with Crippen LogP contribution in [0.3, 0.4) is 0 Å². The van der Waals surface area contributed by atoms with Crippen LogP contribution >= 0.6 is 11.8 Å². The Balaban J connectivity index is 1.48. The lowest BCUT2D eigenvalue weighted by Crippen LogP contribution is -2.59. The molecule has 2 heterocycles. The van der Waals surface area contributed by atoms with E-state index >= 15 is 0 Å². The Hall–Kier alpha value is -3.55. The van der Waals surface area contributed by atoms with Crippen LogP contribution in [-0.4, -0.2) is 92.4 Å². The predicted molar refractivity (Wildman–Crippen MR) is 147 cm³/mol. The molecule has 2 fully saturated rings. The molecule has 2 aromatic rings. The van der Waals surface area contributed by atoms with E-state index in [9.17, 15) is 27.6 Å². The van der Waals surface area contributed by atoms with Crippen molar-refractivity contribution in [2.24, 2.45) is 0 Å². The van der Waals surface area contributed by atoms with Crippen molar-refractivity contribution in [3.8, 4) is 0 Å². The van der Waals surface area contributed by atoms with Crippen LogP contribution < -0.4 is 0 Å². The number of hydrogen-bond acceptors (Lipinski definition) is 8. The molecule has 0 radical (unpaired) electrons. The number of nitrogens with zero attached hydrogens (tertiary/aromatic N) is 2. The highest BCUT2D eigenvalue weighted by molar-refractivity contribution is 7.99. The molecule has 2 amide bonds. The number of methoxy groups -OCH3 is 2. The molecule has 2 saturated heterocycles. The molecule has 42 heavy (non-hydrogen) atoms. The van der Waals surface area contributed by atoms with Gasteiger partial charge in [0.15, 0.2) is 6.04 Å². The van der Waals surface area contributed by atoms with Crippen molar-refractivity contribution in [3.63, 3.8) is 0 Å².